The molecular weight excluding hydrogens is 526 g/mol. The molecule has 2 aromatic rings. The highest BCUT2D eigenvalue weighted by Crippen LogP contribution is 2.49. The molecule has 11 nitrogen and oxygen atoms in total. The van der Waals surface area contributed by atoms with E-state index in [-0.39, 0.29) is 18.0 Å². The lowest BCUT2D eigenvalue weighted by atomic mass is 9.68. The maximum atomic E-state index is 13.6. The topological polar surface area (TPSA) is 127 Å². The molecule has 0 aliphatic carbocycles. The smallest absolute Gasteiger partial charge is 0.335 e. The van der Waals surface area contributed by atoms with Crippen molar-refractivity contribution in [3.63, 3.8) is 0 Å². The third kappa shape index (κ3) is 3.71. The molecule has 0 bridgehead atoms. The van der Waals surface area contributed by atoms with E-state index in [1.807, 2.05) is 19.9 Å². The molecule has 1 atom stereocenters. The summed E-state index contributed by atoms with van der Waals surface area (Å²) in [6, 6.07) is 8.66. The summed E-state index contributed by atoms with van der Waals surface area (Å²) in [5.41, 5.74) is 2.61. The molecule has 4 heterocycles. The van der Waals surface area contributed by atoms with Crippen LogP contribution in [0.25, 0.3) is 6.08 Å². The lowest BCUT2D eigenvalue weighted by Crippen LogP contribution is -2.70. The standard InChI is InChI=1S/C30H29N5O6/c1-16-7-9-20(12-17(16)2)35-25(37)21(24(36)31-28(35)40)14-18-8-10-22-19(13-18)15-30(23-6-5-11-34(22)23)26(38)32(3)29(41)33(4)27(30)39/h7-10,12-14,23H,5-6,11,15H2,1-4H3,(H,31,36,40). The van der Waals surface area contributed by atoms with Crippen LogP contribution in [0.5, 0.6) is 0 Å². The van der Waals surface area contributed by atoms with Gasteiger partial charge in [0, 0.05) is 26.3 Å². The van der Waals surface area contributed by atoms with Crippen LogP contribution in [0.15, 0.2) is 42.0 Å². The van der Waals surface area contributed by atoms with Gasteiger partial charge in [-0.3, -0.25) is 34.3 Å². The number of imide groups is 4. The number of fused-ring (bicyclic) bond motifs is 4. The van der Waals surface area contributed by atoms with Gasteiger partial charge in [0.05, 0.1) is 11.7 Å². The number of carbonyl (C=O) groups is 6. The monoisotopic (exact) mass is 555 g/mol. The van der Waals surface area contributed by atoms with Crippen LogP contribution in [0.1, 0.15) is 35.1 Å². The fourth-order valence-corrected chi connectivity index (χ4v) is 6.55. The fraction of sp³-hybridized carbons (Fsp3) is 0.333. The third-order valence-electron chi connectivity index (χ3n) is 8.81. The van der Waals surface area contributed by atoms with Gasteiger partial charge in [0.15, 0.2) is 5.41 Å². The molecule has 4 aliphatic rings. The predicted octanol–water partition coefficient (Wildman–Crippen LogP) is 2.53. The highest BCUT2D eigenvalue weighted by atomic mass is 16.2. The van der Waals surface area contributed by atoms with Crippen molar-refractivity contribution in [3.05, 3.63) is 64.2 Å². The molecule has 6 rings (SSSR count). The van der Waals surface area contributed by atoms with Gasteiger partial charge in [0.1, 0.15) is 5.57 Å². The van der Waals surface area contributed by atoms with E-state index >= 15 is 0 Å². The first-order valence-corrected chi connectivity index (χ1v) is 13.4. The molecule has 2 aromatic carbocycles. The quantitative estimate of drug-likeness (QED) is 0.343. The predicted molar refractivity (Wildman–Crippen MR) is 149 cm³/mol. The van der Waals surface area contributed by atoms with E-state index in [0.29, 0.717) is 29.8 Å². The summed E-state index contributed by atoms with van der Waals surface area (Å²) in [5, 5.41) is 2.25. The average molecular weight is 556 g/mol. The molecule has 0 saturated carbocycles. The largest absolute Gasteiger partial charge is 0.367 e. The van der Waals surface area contributed by atoms with Crippen LogP contribution >= 0.6 is 0 Å². The van der Waals surface area contributed by atoms with Crippen molar-refractivity contribution in [3.8, 4) is 0 Å². The summed E-state index contributed by atoms with van der Waals surface area (Å²) >= 11 is 0. The zero-order chi connectivity index (χ0) is 29.4. The van der Waals surface area contributed by atoms with E-state index in [1.165, 1.54) is 20.2 Å². The van der Waals surface area contributed by atoms with Crippen molar-refractivity contribution in [1.82, 2.24) is 15.1 Å². The molecule has 3 fully saturated rings. The summed E-state index contributed by atoms with van der Waals surface area (Å²) < 4.78 is 0. The number of hydrogen-bond donors (Lipinski definition) is 1. The van der Waals surface area contributed by atoms with Gasteiger partial charge in [0.25, 0.3) is 11.8 Å². The fourth-order valence-electron chi connectivity index (χ4n) is 6.55. The molecule has 0 aromatic heterocycles. The van der Waals surface area contributed by atoms with E-state index in [9.17, 15) is 28.8 Å². The number of urea groups is 2. The number of barbiturate groups is 2. The van der Waals surface area contributed by atoms with Crippen LogP contribution in [-0.4, -0.2) is 72.2 Å². The maximum Gasteiger partial charge on any atom is 0.335 e. The molecule has 1 spiro atoms. The van der Waals surface area contributed by atoms with Crippen molar-refractivity contribution in [2.75, 3.05) is 30.4 Å². The molecule has 11 heteroatoms. The summed E-state index contributed by atoms with van der Waals surface area (Å²) in [6.07, 6.45) is 2.91. The molecule has 8 amide bonds. The molecule has 1 N–H and O–H groups in total. The first-order chi connectivity index (χ1) is 19.5. The molecular formula is C30H29N5O6. The van der Waals surface area contributed by atoms with Gasteiger partial charge in [-0.25, -0.2) is 14.5 Å². The minimum absolute atomic E-state index is 0.0769. The average Bonchev–Trinajstić information content (AvgIpc) is 3.44. The van der Waals surface area contributed by atoms with Crippen molar-refractivity contribution < 1.29 is 28.8 Å². The lowest BCUT2D eigenvalue weighted by molar-refractivity contribution is -0.159. The molecule has 4 aliphatic heterocycles. The molecule has 41 heavy (non-hydrogen) atoms. The van der Waals surface area contributed by atoms with Crippen molar-refractivity contribution in [2.45, 2.75) is 39.2 Å². The van der Waals surface area contributed by atoms with Gasteiger partial charge in [-0.05, 0) is 85.7 Å². The van der Waals surface area contributed by atoms with Gasteiger partial charge in [-0.2, -0.15) is 0 Å². The van der Waals surface area contributed by atoms with E-state index in [1.54, 1.807) is 30.3 Å². The van der Waals surface area contributed by atoms with E-state index in [2.05, 4.69) is 10.2 Å². The Bertz CT molecular complexity index is 1600. The van der Waals surface area contributed by atoms with Crippen LogP contribution < -0.4 is 15.1 Å². The summed E-state index contributed by atoms with van der Waals surface area (Å²) in [6.45, 7) is 4.43. The van der Waals surface area contributed by atoms with Crippen LogP contribution in [0.4, 0.5) is 21.0 Å². The summed E-state index contributed by atoms with van der Waals surface area (Å²) in [7, 11) is 2.78. The minimum atomic E-state index is -1.46. The third-order valence-corrected chi connectivity index (χ3v) is 8.81. The number of hydrogen-bond acceptors (Lipinski definition) is 7. The number of rotatable bonds is 2. The van der Waals surface area contributed by atoms with E-state index < -0.39 is 41.1 Å². The number of nitrogens with one attached hydrogen (secondary N) is 1. The first kappa shape index (κ1) is 26.4. The SMILES string of the molecule is Cc1ccc(N2C(=O)NC(=O)C(=Cc3ccc4c(c3)CC3(C(=O)N(C)C(=O)N(C)C3=O)C3CCCN43)C2=O)cc1C. The highest BCUT2D eigenvalue weighted by Gasteiger charge is 2.63. The second-order valence-corrected chi connectivity index (χ2v) is 11.1. The van der Waals surface area contributed by atoms with Crippen LogP contribution in [0.3, 0.4) is 0 Å². The Morgan fingerprint density at radius 2 is 1.61 bits per heavy atom. The number of benzene rings is 2. The summed E-state index contributed by atoms with van der Waals surface area (Å²) in [4.78, 5) is 83.7. The zero-order valence-electron chi connectivity index (χ0n) is 23.2. The molecule has 3 saturated heterocycles. The minimum Gasteiger partial charge on any atom is -0.367 e. The second kappa shape index (κ2) is 9.12. The van der Waals surface area contributed by atoms with E-state index in [4.69, 9.17) is 0 Å². The van der Waals surface area contributed by atoms with Gasteiger partial charge in [0.2, 0.25) is 11.8 Å². The van der Waals surface area contributed by atoms with Crippen LogP contribution in [-0.2, 0) is 25.6 Å². The highest BCUT2D eigenvalue weighted by molar-refractivity contribution is 6.39. The molecule has 210 valence electrons. The number of nitrogens with zero attached hydrogens (tertiary/aromatic N) is 4. The summed E-state index contributed by atoms with van der Waals surface area (Å²) in [5.74, 6) is -2.62. The van der Waals surface area contributed by atoms with Crippen molar-refractivity contribution in [2.24, 2.45) is 5.41 Å². The Morgan fingerprint density at radius 1 is 0.902 bits per heavy atom. The Morgan fingerprint density at radius 3 is 2.29 bits per heavy atom. The maximum absolute atomic E-state index is 13.6. The first-order valence-electron chi connectivity index (χ1n) is 13.4. The normalized spacial score (nSPS) is 23.0. The number of aryl methyl sites for hydroxylation is 2. The van der Waals surface area contributed by atoms with Gasteiger partial charge in [-0.15, -0.1) is 0 Å². The molecule has 1 unspecified atom stereocenters. The van der Waals surface area contributed by atoms with Gasteiger partial charge < -0.3 is 4.90 Å². The number of carbonyl (C=O) groups excluding carboxylic acids is 6. The Hall–Kier alpha value is -4.80. The molecule has 0 radical (unpaired) electrons. The Kier molecular flexibility index (Phi) is 5.88. The Labute approximate surface area is 236 Å². The van der Waals surface area contributed by atoms with Crippen LogP contribution in [0.2, 0.25) is 0 Å². The van der Waals surface area contributed by atoms with E-state index in [0.717, 1.165) is 37.9 Å². The lowest BCUT2D eigenvalue weighted by Gasteiger charge is -2.50. The second-order valence-electron chi connectivity index (χ2n) is 11.1. The van der Waals surface area contributed by atoms with Crippen LogP contribution in [0, 0.1) is 19.3 Å². The zero-order valence-corrected chi connectivity index (χ0v) is 23.2. The van der Waals surface area contributed by atoms with Crippen molar-refractivity contribution in [1.29, 1.82) is 0 Å². The Balaban J connectivity index is 1.40. The number of anilines is 2. The van der Waals surface area contributed by atoms with Gasteiger partial charge >= 0.3 is 12.1 Å². The number of amides is 8. The van der Waals surface area contributed by atoms with Gasteiger partial charge in [-0.1, -0.05) is 12.1 Å². The van der Waals surface area contributed by atoms with Crippen molar-refractivity contribution >= 4 is 53.1 Å².